The van der Waals surface area contributed by atoms with Crippen LogP contribution in [0.4, 0.5) is 0 Å². The fraction of sp³-hybridized carbons (Fsp3) is 0.267. The van der Waals surface area contributed by atoms with Gasteiger partial charge in [0.25, 0.3) is 0 Å². The second kappa shape index (κ2) is 5.27. The van der Waals surface area contributed by atoms with Crippen LogP contribution in [0.1, 0.15) is 18.2 Å². The van der Waals surface area contributed by atoms with Crippen LogP contribution >= 0.6 is 0 Å². The molecule has 0 spiro atoms. The van der Waals surface area contributed by atoms with Gasteiger partial charge in [-0.3, -0.25) is 9.59 Å². The minimum absolute atomic E-state index is 0.0891. The number of aliphatic carboxylic acids is 2. The van der Waals surface area contributed by atoms with Crippen LogP contribution in [0.2, 0.25) is 0 Å². The molecule has 2 rings (SSSR count). The first-order chi connectivity index (χ1) is 10.2. The summed E-state index contributed by atoms with van der Waals surface area (Å²) >= 11 is 0. The highest BCUT2D eigenvalue weighted by molar-refractivity contribution is 5.95. The maximum atomic E-state index is 12.0. The van der Waals surface area contributed by atoms with Gasteiger partial charge in [-0.2, -0.15) is 0 Å². The second-order valence-corrected chi connectivity index (χ2v) is 5.33. The average Bonchev–Trinajstić information content (AvgIpc) is 2.43. The highest BCUT2D eigenvalue weighted by atomic mass is 16.4. The molecule has 5 N–H and O–H groups in total. The van der Waals surface area contributed by atoms with Crippen molar-refractivity contribution in [1.82, 2.24) is 4.98 Å². The van der Waals surface area contributed by atoms with Crippen molar-refractivity contribution in [3.05, 3.63) is 57.0 Å². The number of nitrogens with two attached hydrogens (primary N) is 1. The zero-order chi connectivity index (χ0) is 16.7. The predicted octanol–water partition coefficient (Wildman–Crippen LogP) is 0.304. The summed E-state index contributed by atoms with van der Waals surface area (Å²) in [5.41, 5.74) is 4.49. The SMILES string of the molecule is CC1=CC(C(=O)O)(c2[nH]c(=O)ccc2C)C(N)C(C(=O)O)=C1. The molecular formula is C15H16N2O5. The summed E-state index contributed by atoms with van der Waals surface area (Å²) in [4.78, 5) is 37.5. The van der Waals surface area contributed by atoms with Crippen LogP contribution in [0.15, 0.2) is 40.2 Å². The molecule has 0 fully saturated rings. The van der Waals surface area contributed by atoms with E-state index >= 15 is 0 Å². The van der Waals surface area contributed by atoms with Crippen molar-refractivity contribution in [3.8, 4) is 0 Å². The van der Waals surface area contributed by atoms with Crippen LogP contribution in [0.5, 0.6) is 0 Å². The summed E-state index contributed by atoms with van der Waals surface area (Å²) in [6, 6.07) is 1.42. The van der Waals surface area contributed by atoms with Crippen molar-refractivity contribution in [1.29, 1.82) is 0 Å². The topological polar surface area (TPSA) is 133 Å². The molecule has 22 heavy (non-hydrogen) atoms. The molecule has 0 aromatic carbocycles. The molecule has 7 nitrogen and oxygen atoms in total. The Kier molecular flexibility index (Phi) is 3.76. The number of carboxylic acids is 2. The first kappa shape index (κ1) is 15.7. The average molecular weight is 304 g/mol. The maximum Gasteiger partial charge on any atom is 0.333 e. The minimum atomic E-state index is -1.84. The molecule has 1 heterocycles. The molecule has 1 aliphatic carbocycles. The van der Waals surface area contributed by atoms with Gasteiger partial charge >= 0.3 is 11.9 Å². The van der Waals surface area contributed by atoms with Crippen molar-refractivity contribution in [2.24, 2.45) is 5.73 Å². The molecule has 0 amide bonds. The molecule has 2 atom stereocenters. The van der Waals surface area contributed by atoms with Crippen LogP contribution in [0, 0.1) is 6.92 Å². The lowest BCUT2D eigenvalue weighted by Crippen LogP contribution is -2.55. The number of nitrogens with one attached hydrogen (secondary N) is 1. The molecule has 1 aromatic rings. The predicted molar refractivity (Wildman–Crippen MR) is 78.6 cm³/mol. The van der Waals surface area contributed by atoms with Gasteiger partial charge in [-0.05, 0) is 25.5 Å². The number of aromatic nitrogens is 1. The van der Waals surface area contributed by atoms with Crippen molar-refractivity contribution in [2.75, 3.05) is 0 Å². The highest BCUT2D eigenvalue weighted by Crippen LogP contribution is 2.37. The third-order valence-corrected chi connectivity index (χ3v) is 3.81. The lowest BCUT2D eigenvalue weighted by Gasteiger charge is -2.36. The van der Waals surface area contributed by atoms with E-state index in [0.29, 0.717) is 11.1 Å². The molecular weight excluding hydrogens is 288 g/mol. The first-order valence-corrected chi connectivity index (χ1v) is 6.54. The number of rotatable bonds is 3. The molecule has 1 aliphatic rings. The van der Waals surface area contributed by atoms with Gasteiger partial charge in [0, 0.05) is 11.8 Å². The fourth-order valence-electron chi connectivity index (χ4n) is 2.77. The van der Waals surface area contributed by atoms with E-state index in [1.54, 1.807) is 13.8 Å². The Morgan fingerprint density at radius 2 is 1.91 bits per heavy atom. The van der Waals surface area contributed by atoms with Crippen LogP contribution in [0.25, 0.3) is 0 Å². The summed E-state index contributed by atoms with van der Waals surface area (Å²) < 4.78 is 0. The monoisotopic (exact) mass is 304 g/mol. The Bertz CT molecular complexity index is 774. The number of hydrogen-bond donors (Lipinski definition) is 4. The number of hydrogen-bond acceptors (Lipinski definition) is 4. The van der Waals surface area contributed by atoms with Crippen molar-refractivity contribution in [2.45, 2.75) is 25.3 Å². The number of aryl methyl sites for hydroxylation is 1. The molecule has 0 aliphatic heterocycles. The number of allylic oxidation sites excluding steroid dienone is 2. The Balaban J connectivity index is 2.82. The van der Waals surface area contributed by atoms with E-state index in [0.717, 1.165) is 0 Å². The molecule has 0 bridgehead atoms. The van der Waals surface area contributed by atoms with Crippen molar-refractivity contribution < 1.29 is 19.8 Å². The smallest absolute Gasteiger partial charge is 0.333 e. The third kappa shape index (κ3) is 2.25. The van der Waals surface area contributed by atoms with Crippen LogP contribution in [0.3, 0.4) is 0 Å². The third-order valence-electron chi connectivity index (χ3n) is 3.81. The minimum Gasteiger partial charge on any atom is -0.480 e. The normalized spacial score (nSPS) is 24.4. The van der Waals surface area contributed by atoms with Gasteiger partial charge in [0.1, 0.15) is 5.41 Å². The summed E-state index contributed by atoms with van der Waals surface area (Å²) in [6.45, 7) is 3.22. The zero-order valence-corrected chi connectivity index (χ0v) is 12.1. The van der Waals surface area contributed by atoms with E-state index < -0.39 is 29.0 Å². The number of carbonyl (C=O) groups is 2. The Hall–Kier alpha value is -2.67. The first-order valence-electron chi connectivity index (χ1n) is 6.54. The van der Waals surface area contributed by atoms with Gasteiger partial charge in [-0.25, -0.2) is 4.79 Å². The van der Waals surface area contributed by atoms with E-state index in [2.05, 4.69) is 4.98 Å². The molecule has 116 valence electrons. The van der Waals surface area contributed by atoms with Gasteiger partial charge in [0.2, 0.25) is 5.56 Å². The molecule has 7 heteroatoms. The standard InChI is InChI=1S/C15H16N2O5/c1-7-5-9(13(19)20)11(16)15(6-7,14(21)22)12-8(2)3-4-10(18)17-12/h3-6,11H,16H2,1-2H3,(H,17,18)(H,19,20)(H,21,22). The van der Waals surface area contributed by atoms with E-state index in [-0.39, 0.29) is 11.3 Å². The van der Waals surface area contributed by atoms with Gasteiger partial charge in [0.15, 0.2) is 0 Å². The molecule has 0 saturated carbocycles. The van der Waals surface area contributed by atoms with E-state index in [4.69, 9.17) is 5.73 Å². The fourth-order valence-corrected chi connectivity index (χ4v) is 2.77. The summed E-state index contributed by atoms with van der Waals surface area (Å²) in [5.74, 6) is -2.61. The molecule has 0 saturated heterocycles. The maximum absolute atomic E-state index is 12.0. The van der Waals surface area contributed by atoms with Crippen molar-refractivity contribution in [3.63, 3.8) is 0 Å². The van der Waals surface area contributed by atoms with Crippen LogP contribution in [-0.4, -0.2) is 33.2 Å². The number of H-pyrrole nitrogens is 1. The highest BCUT2D eigenvalue weighted by Gasteiger charge is 2.50. The summed E-state index contributed by atoms with van der Waals surface area (Å²) in [5, 5.41) is 19.0. The Labute approximate surface area is 125 Å². The Morgan fingerprint density at radius 1 is 1.27 bits per heavy atom. The lowest BCUT2D eigenvalue weighted by atomic mass is 9.69. The van der Waals surface area contributed by atoms with Gasteiger partial charge in [-0.15, -0.1) is 0 Å². The van der Waals surface area contributed by atoms with Gasteiger partial charge in [-0.1, -0.05) is 17.7 Å². The van der Waals surface area contributed by atoms with Crippen LogP contribution < -0.4 is 11.3 Å². The number of carboxylic acid groups (broad SMARTS) is 2. The summed E-state index contributed by atoms with van der Waals surface area (Å²) in [7, 11) is 0. The van der Waals surface area contributed by atoms with E-state index in [1.807, 2.05) is 0 Å². The number of pyridine rings is 1. The van der Waals surface area contributed by atoms with Gasteiger partial charge in [0.05, 0.1) is 11.6 Å². The Morgan fingerprint density at radius 3 is 2.45 bits per heavy atom. The quantitative estimate of drug-likeness (QED) is 0.635. The second-order valence-electron chi connectivity index (χ2n) is 5.33. The van der Waals surface area contributed by atoms with E-state index in [1.165, 1.54) is 24.3 Å². The van der Waals surface area contributed by atoms with E-state index in [9.17, 15) is 24.6 Å². The molecule has 1 aromatic heterocycles. The lowest BCUT2D eigenvalue weighted by molar-refractivity contribution is -0.142. The largest absolute Gasteiger partial charge is 0.480 e. The molecule has 0 radical (unpaired) electrons. The molecule has 2 unspecified atom stereocenters. The van der Waals surface area contributed by atoms with Crippen molar-refractivity contribution >= 4 is 11.9 Å². The van der Waals surface area contributed by atoms with Gasteiger partial charge < -0.3 is 20.9 Å². The summed E-state index contributed by atoms with van der Waals surface area (Å²) in [6.07, 6.45) is 2.72. The number of aromatic amines is 1. The van der Waals surface area contributed by atoms with Crippen LogP contribution in [-0.2, 0) is 15.0 Å². The zero-order valence-electron chi connectivity index (χ0n) is 12.1.